The van der Waals surface area contributed by atoms with Crippen molar-refractivity contribution < 1.29 is 0 Å². The average molecular weight is 353 g/mol. The first-order valence-electron chi connectivity index (χ1n) is 6.43. The quantitative estimate of drug-likeness (QED) is 0.641. The summed E-state index contributed by atoms with van der Waals surface area (Å²) < 4.78 is 1.12. The molecule has 2 heterocycles. The Morgan fingerprint density at radius 3 is 2.95 bits per heavy atom. The Balaban J connectivity index is 1.92. The lowest BCUT2D eigenvalue weighted by molar-refractivity contribution is 0.819. The molecule has 2 rings (SSSR count). The topological polar surface area (TPSA) is 49.3 Å². The maximum atomic E-state index is 4.53. The molecule has 20 heavy (non-hydrogen) atoms. The molecule has 0 unspecified atom stereocenters. The Labute approximate surface area is 131 Å². The van der Waals surface area contributed by atoms with Crippen LogP contribution in [0.1, 0.15) is 17.5 Å². The van der Waals surface area contributed by atoms with Crippen LogP contribution >= 0.6 is 27.3 Å². The van der Waals surface area contributed by atoms with Crippen molar-refractivity contribution >= 4 is 33.2 Å². The third-order valence-electron chi connectivity index (χ3n) is 2.52. The van der Waals surface area contributed by atoms with E-state index in [0.29, 0.717) is 6.54 Å². The highest BCUT2D eigenvalue weighted by Crippen LogP contribution is 2.19. The number of guanidine groups is 1. The third-order valence-corrected chi connectivity index (χ3v) is 4.22. The van der Waals surface area contributed by atoms with Gasteiger partial charge in [0.25, 0.3) is 0 Å². The van der Waals surface area contributed by atoms with Crippen LogP contribution in [0.4, 0.5) is 0 Å². The van der Waals surface area contributed by atoms with E-state index in [-0.39, 0.29) is 0 Å². The lowest BCUT2D eigenvalue weighted by atomic mass is 10.3. The Kier molecular flexibility index (Phi) is 6.01. The highest BCUT2D eigenvalue weighted by atomic mass is 79.9. The molecule has 2 aromatic rings. The smallest absolute Gasteiger partial charge is 0.191 e. The highest BCUT2D eigenvalue weighted by molar-refractivity contribution is 9.10. The summed E-state index contributed by atoms with van der Waals surface area (Å²) in [6.07, 6.45) is 1.79. The lowest BCUT2D eigenvalue weighted by Gasteiger charge is -2.10. The van der Waals surface area contributed by atoms with E-state index in [2.05, 4.69) is 54.9 Å². The number of halogens is 1. The first kappa shape index (κ1) is 15.0. The molecule has 6 heteroatoms. The van der Waals surface area contributed by atoms with Crippen LogP contribution in [0.25, 0.3) is 0 Å². The van der Waals surface area contributed by atoms with Crippen molar-refractivity contribution in [2.45, 2.75) is 20.0 Å². The van der Waals surface area contributed by atoms with Crippen LogP contribution in [0.15, 0.2) is 45.3 Å². The zero-order valence-electron chi connectivity index (χ0n) is 11.3. The van der Waals surface area contributed by atoms with Gasteiger partial charge < -0.3 is 10.6 Å². The van der Waals surface area contributed by atoms with Crippen LogP contribution < -0.4 is 10.6 Å². The van der Waals surface area contributed by atoms with Gasteiger partial charge in [0.15, 0.2) is 5.96 Å². The molecule has 0 aromatic carbocycles. The van der Waals surface area contributed by atoms with Crippen molar-refractivity contribution in [3.8, 4) is 0 Å². The molecule has 0 aliphatic rings. The van der Waals surface area contributed by atoms with Crippen molar-refractivity contribution in [1.82, 2.24) is 15.6 Å². The number of aromatic nitrogens is 1. The van der Waals surface area contributed by atoms with Gasteiger partial charge in [0, 0.05) is 27.5 Å². The van der Waals surface area contributed by atoms with E-state index in [0.717, 1.165) is 29.2 Å². The number of nitrogens with one attached hydrogen (secondary N) is 2. The molecule has 106 valence electrons. The number of pyridine rings is 1. The summed E-state index contributed by atoms with van der Waals surface area (Å²) in [5.41, 5.74) is 0.962. The molecule has 0 spiro atoms. The third kappa shape index (κ3) is 4.94. The van der Waals surface area contributed by atoms with Gasteiger partial charge in [0.1, 0.15) is 0 Å². The van der Waals surface area contributed by atoms with E-state index < -0.39 is 0 Å². The maximum absolute atomic E-state index is 4.53. The summed E-state index contributed by atoms with van der Waals surface area (Å²) in [5.74, 6) is 0.808. The fourth-order valence-electron chi connectivity index (χ4n) is 1.61. The summed E-state index contributed by atoms with van der Waals surface area (Å²) in [4.78, 5) is 10.1. The number of hydrogen-bond acceptors (Lipinski definition) is 3. The van der Waals surface area contributed by atoms with Crippen LogP contribution in [0.2, 0.25) is 0 Å². The first-order chi connectivity index (χ1) is 9.78. The molecule has 0 saturated carbocycles. The largest absolute Gasteiger partial charge is 0.357 e. The van der Waals surface area contributed by atoms with E-state index in [4.69, 9.17) is 0 Å². The zero-order valence-corrected chi connectivity index (χ0v) is 13.7. The molecule has 0 atom stereocenters. The van der Waals surface area contributed by atoms with Gasteiger partial charge >= 0.3 is 0 Å². The minimum absolute atomic E-state index is 0.574. The molecule has 0 bridgehead atoms. The minimum atomic E-state index is 0.574. The Bertz CT molecular complexity index is 553. The molecule has 4 nitrogen and oxygen atoms in total. The van der Waals surface area contributed by atoms with Crippen molar-refractivity contribution in [2.24, 2.45) is 4.99 Å². The first-order valence-corrected chi connectivity index (χ1v) is 8.10. The number of thiophene rings is 1. The van der Waals surface area contributed by atoms with Crippen LogP contribution in [-0.2, 0) is 13.1 Å². The number of hydrogen-bond donors (Lipinski definition) is 2. The number of rotatable bonds is 5. The molecular formula is C14H17BrN4S. The normalized spacial score (nSPS) is 11.4. The monoisotopic (exact) mass is 352 g/mol. The predicted molar refractivity (Wildman–Crippen MR) is 87.9 cm³/mol. The van der Waals surface area contributed by atoms with Crippen molar-refractivity contribution in [3.05, 3.63) is 50.9 Å². The van der Waals surface area contributed by atoms with Gasteiger partial charge in [0.2, 0.25) is 0 Å². The molecule has 0 amide bonds. The molecule has 0 aliphatic heterocycles. The van der Waals surface area contributed by atoms with Gasteiger partial charge in [-0.25, -0.2) is 4.99 Å². The fraction of sp³-hybridized carbons (Fsp3) is 0.286. The maximum Gasteiger partial charge on any atom is 0.191 e. The van der Waals surface area contributed by atoms with E-state index in [1.165, 1.54) is 4.88 Å². The fourth-order valence-corrected chi connectivity index (χ4v) is 3.00. The van der Waals surface area contributed by atoms with Crippen LogP contribution in [0.5, 0.6) is 0 Å². The second-order valence-electron chi connectivity index (χ2n) is 4.10. The van der Waals surface area contributed by atoms with E-state index in [9.17, 15) is 0 Å². The minimum Gasteiger partial charge on any atom is -0.357 e. The lowest BCUT2D eigenvalue weighted by Crippen LogP contribution is -2.36. The van der Waals surface area contributed by atoms with Crippen molar-refractivity contribution in [1.29, 1.82) is 0 Å². The summed E-state index contributed by atoms with van der Waals surface area (Å²) in [7, 11) is 0. The average Bonchev–Trinajstić information content (AvgIpc) is 2.89. The second-order valence-corrected chi connectivity index (χ2v) is 6.01. The Morgan fingerprint density at radius 1 is 1.40 bits per heavy atom. The SMILES string of the molecule is CCNC(=NCc1ccccn1)NCc1cc(Br)cs1. The summed E-state index contributed by atoms with van der Waals surface area (Å²) in [6, 6.07) is 7.97. The zero-order chi connectivity index (χ0) is 14.2. The Hall–Kier alpha value is -1.40. The van der Waals surface area contributed by atoms with Gasteiger partial charge in [-0.15, -0.1) is 11.3 Å². The summed E-state index contributed by atoms with van der Waals surface area (Å²) in [6.45, 7) is 4.23. The van der Waals surface area contributed by atoms with E-state index in [1.54, 1.807) is 17.5 Å². The molecule has 0 fully saturated rings. The van der Waals surface area contributed by atoms with E-state index in [1.807, 2.05) is 18.2 Å². The van der Waals surface area contributed by atoms with Crippen molar-refractivity contribution in [3.63, 3.8) is 0 Å². The second kappa shape index (κ2) is 8.01. The van der Waals surface area contributed by atoms with E-state index >= 15 is 0 Å². The van der Waals surface area contributed by atoms with Crippen LogP contribution in [0, 0.1) is 0 Å². The van der Waals surface area contributed by atoms with Gasteiger partial charge in [0.05, 0.1) is 18.8 Å². The van der Waals surface area contributed by atoms with Gasteiger partial charge in [-0.3, -0.25) is 4.98 Å². The molecule has 0 aliphatic carbocycles. The summed E-state index contributed by atoms with van der Waals surface area (Å²) in [5, 5.41) is 8.63. The summed E-state index contributed by atoms with van der Waals surface area (Å²) >= 11 is 5.18. The van der Waals surface area contributed by atoms with Gasteiger partial charge in [-0.2, -0.15) is 0 Å². The van der Waals surface area contributed by atoms with Crippen LogP contribution in [0.3, 0.4) is 0 Å². The molecule has 0 saturated heterocycles. The van der Waals surface area contributed by atoms with Gasteiger partial charge in [-0.05, 0) is 41.1 Å². The molecule has 0 radical (unpaired) electrons. The molecule has 2 aromatic heterocycles. The number of aliphatic imine (C=N–C) groups is 1. The highest BCUT2D eigenvalue weighted by Gasteiger charge is 2.01. The van der Waals surface area contributed by atoms with Gasteiger partial charge in [-0.1, -0.05) is 6.07 Å². The molecular weight excluding hydrogens is 336 g/mol. The predicted octanol–water partition coefficient (Wildman–Crippen LogP) is 3.16. The van der Waals surface area contributed by atoms with Crippen molar-refractivity contribution in [2.75, 3.05) is 6.54 Å². The molecule has 2 N–H and O–H groups in total. The standard InChI is InChI=1S/C14H17BrN4S/c1-2-16-14(18-8-12-5-3-4-6-17-12)19-9-13-7-11(15)10-20-13/h3-7,10H,2,8-9H2,1H3,(H2,16,18,19). The number of nitrogens with zero attached hydrogens (tertiary/aromatic N) is 2. The Morgan fingerprint density at radius 2 is 2.30 bits per heavy atom. The van der Waals surface area contributed by atoms with Crippen LogP contribution in [-0.4, -0.2) is 17.5 Å².